The average molecular weight is 200 g/mol. The van der Waals surface area contributed by atoms with Crippen LogP contribution in [0.15, 0.2) is 36.4 Å². The van der Waals surface area contributed by atoms with Crippen LogP contribution >= 0.6 is 0 Å². The number of phenols is 1. The molecule has 15 heavy (non-hydrogen) atoms. The van der Waals surface area contributed by atoms with Crippen molar-refractivity contribution in [2.75, 3.05) is 0 Å². The quantitative estimate of drug-likeness (QED) is 0.782. The third-order valence-corrected chi connectivity index (χ3v) is 2.62. The summed E-state index contributed by atoms with van der Waals surface area (Å²) in [5.74, 6) is 1.01. The van der Waals surface area contributed by atoms with E-state index in [9.17, 15) is 5.11 Å². The topological polar surface area (TPSA) is 20.2 Å². The number of phenolic OH excluding ortho intramolecular Hbond substituents is 1. The molecule has 0 aromatic heterocycles. The van der Waals surface area contributed by atoms with Gasteiger partial charge in [-0.3, -0.25) is 0 Å². The zero-order chi connectivity index (χ0) is 10.8. The predicted molar refractivity (Wildman–Crippen MR) is 64.2 cm³/mol. The van der Waals surface area contributed by atoms with Crippen LogP contribution in [0.5, 0.6) is 5.75 Å². The van der Waals surface area contributed by atoms with Gasteiger partial charge in [-0.2, -0.15) is 0 Å². The number of hydrogen-bond donors (Lipinski definition) is 1. The fourth-order valence-corrected chi connectivity index (χ4v) is 1.96. The van der Waals surface area contributed by atoms with Gasteiger partial charge in [-0.15, -0.1) is 0 Å². The molecule has 0 amide bonds. The molecule has 0 radical (unpaired) electrons. The molecular formula is C14H16O. The molecule has 0 fully saturated rings. The van der Waals surface area contributed by atoms with E-state index in [1.807, 2.05) is 24.3 Å². The summed E-state index contributed by atoms with van der Waals surface area (Å²) < 4.78 is 0. The van der Waals surface area contributed by atoms with E-state index >= 15 is 0 Å². The number of hydrogen-bond acceptors (Lipinski definition) is 1. The molecule has 0 atom stereocenters. The van der Waals surface area contributed by atoms with E-state index in [2.05, 4.69) is 19.9 Å². The number of rotatable bonds is 2. The zero-order valence-electron chi connectivity index (χ0n) is 9.20. The van der Waals surface area contributed by atoms with Crippen molar-refractivity contribution in [2.24, 2.45) is 5.92 Å². The fourth-order valence-electron chi connectivity index (χ4n) is 1.96. The van der Waals surface area contributed by atoms with Crippen LogP contribution in [0.4, 0.5) is 0 Å². The molecule has 0 unspecified atom stereocenters. The molecule has 0 saturated heterocycles. The van der Waals surface area contributed by atoms with E-state index in [1.165, 1.54) is 10.9 Å². The molecule has 0 heterocycles. The minimum Gasteiger partial charge on any atom is -0.507 e. The van der Waals surface area contributed by atoms with E-state index < -0.39 is 0 Å². The Morgan fingerprint density at radius 2 is 1.67 bits per heavy atom. The van der Waals surface area contributed by atoms with Gasteiger partial charge in [0.15, 0.2) is 0 Å². The Balaban J connectivity index is 2.61. The van der Waals surface area contributed by atoms with Crippen molar-refractivity contribution in [3.05, 3.63) is 42.0 Å². The van der Waals surface area contributed by atoms with Gasteiger partial charge in [0.25, 0.3) is 0 Å². The molecule has 0 aliphatic heterocycles. The lowest BCUT2D eigenvalue weighted by Gasteiger charge is -2.09. The lowest BCUT2D eigenvalue weighted by atomic mass is 9.96. The van der Waals surface area contributed by atoms with Crippen molar-refractivity contribution >= 4 is 10.8 Å². The zero-order valence-corrected chi connectivity index (χ0v) is 9.20. The van der Waals surface area contributed by atoms with Gasteiger partial charge in [-0.1, -0.05) is 44.2 Å². The smallest absolute Gasteiger partial charge is 0.123 e. The minimum atomic E-state index is 0.373. The molecule has 0 spiro atoms. The first kappa shape index (κ1) is 10.0. The van der Waals surface area contributed by atoms with E-state index in [0.29, 0.717) is 11.7 Å². The third kappa shape index (κ3) is 1.96. The highest BCUT2D eigenvalue weighted by atomic mass is 16.3. The highest BCUT2D eigenvalue weighted by molar-refractivity contribution is 5.90. The molecule has 0 aliphatic rings. The maximum Gasteiger partial charge on any atom is 0.123 e. The molecule has 2 rings (SSSR count). The summed E-state index contributed by atoms with van der Waals surface area (Å²) >= 11 is 0. The summed E-state index contributed by atoms with van der Waals surface area (Å²) in [4.78, 5) is 0. The Morgan fingerprint density at radius 3 is 2.33 bits per heavy atom. The molecule has 0 aliphatic carbocycles. The first-order chi connectivity index (χ1) is 7.18. The lowest BCUT2D eigenvalue weighted by molar-refractivity contribution is 0.481. The molecule has 1 N–H and O–H groups in total. The van der Waals surface area contributed by atoms with E-state index in [0.717, 1.165) is 11.8 Å². The summed E-state index contributed by atoms with van der Waals surface area (Å²) in [7, 11) is 0. The average Bonchev–Trinajstić information content (AvgIpc) is 2.22. The molecule has 2 aromatic rings. The van der Waals surface area contributed by atoms with Crippen LogP contribution in [-0.2, 0) is 6.42 Å². The van der Waals surface area contributed by atoms with Crippen LogP contribution in [0, 0.1) is 5.92 Å². The van der Waals surface area contributed by atoms with E-state index in [1.54, 1.807) is 6.07 Å². The maximum absolute atomic E-state index is 9.73. The van der Waals surface area contributed by atoms with Crippen LogP contribution < -0.4 is 0 Å². The van der Waals surface area contributed by atoms with Gasteiger partial charge < -0.3 is 5.11 Å². The van der Waals surface area contributed by atoms with Crippen molar-refractivity contribution < 1.29 is 5.11 Å². The first-order valence-electron chi connectivity index (χ1n) is 5.38. The van der Waals surface area contributed by atoms with Crippen molar-refractivity contribution in [2.45, 2.75) is 20.3 Å². The second-order valence-corrected chi connectivity index (χ2v) is 4.39. The highest BCUT2D eigenvalue weighted by Gasteiger charge is 2.05. The van der Waals surface area contributed by atoms with Crippen LogP contribution in [-0.4, -0.2) is 5.11 Å². The van der Waals surface area contributed by atoms with Gasteiger partial charge in [0, 0.05) is 5.39 Å². The van der Waals surface area contributed by atoms with Crippen molar-refractivity contribution in [1.82, 2.24) is 0 Å². The van der Waals surface area contributed by atoms with Gasteiger partial charge in [0.05, 0.1) is 0 Å². The summed E-state index contributed by atoms with van der Waals surface area (Å²) in [6, 6.07) is 11.8. The molecule has 0 bridgehead atoms. The Morgan fingerprint density at radius 1 is 1.00 bits per heavy atom. The maximum atomic E-state index is 9.73. The van der Waals surface area contributed by atoms with Crippen LogP contribution in [0.3, 0.4) is 0 Å². The largest absolute Gasteiger partial charge is 0.507 e. The summed E-state index contributed by atoms with van der Waals surface area (Å²) in [5, 5.41) is 11.9. The normalized spacial score (nSPS) is 11.1. The van der Waals surface area contributed by atoms with Crippen molar-refractivity contribution in [1.29, 1.82) is 0 Å². The summed E-state index contributed by atoms with van der Waals surface area (Å²) in [6.45, 7) is 4.42. The molecule has 1 nitrogen and oxygen atoms in total. The van der Waals surface area contributed by atoms with Gasteiger partial charge in [0.1, 0.15) is 5.75 Å². The molecule has 2 aromatic carbocycles. The van der Waals surface area contributed by atoms with Crippen molar-refractivity contribution in [3.8, 4) is 5.75 Å². The van der Waals surface area contributed by atoms with Gasteiger partial charge in [0.2, 0.25) is 0 Å². The monoisotopic (exact) mass is 200 g/mol. The lowest BCUT2D eigenvalue weighted by Crippen LogP contribution is -1.94. The van der Waals surface area contributed by atoms with Gasteiger partial charge in [-0.05, 0) is 29.4 Å². The Hall–Kier alpha value is -1.50. The van der Waals surface area contributed by atoms with Crippen LogP contribution in [0.1, 0.15) is 19.4 Å². The minimum absolute atomic E-state index is 0.373. The second kappa shape index (κ2) is 3.93. The van der Waals surface area contributed by atoms with E-state index in [4.69, 9.17) is 0 Å². The van der Waals surface area contributed by atoms with Crippen LogP contribution in [0.25, 0.3) is 10.8 Å². The molecule has 1 heteroatoms. The van der Waals surface area contributed by atoms with E-state index in [-0.39, 0.29) is 0 Å². The first-order valence-corrected chi connectivity index (χ1v) is 5.38. The van der Waals surface area contributed by atoms with Crippen LogP contribution in [0.2, 0.25) is 0 Å². The summed E-state index contributed by atoms with van der Waals surface area (Å²) in [5.41, 5.74) is 1.32. The van der Waals surface area contributed by atoms with Crippen molar-refractivity contribution in [3.63, 3.8) is 0 Å². The molecular weight excluding hydrogens is 184 g/mol. The molecule has 0 saturated carbocycles. The Labute approximate surface area is 90.4 Å². The Bertz CT molecular complexity index is 472. The third-order valence-electron chi connectivity index (χ3n) is 2.62. The molecule has 78 valence electrons. The number of aromatic hydroxyl groups is 1. The van der Waals surface area contributed by atoms with Gasteiger partial charge >= 0.3 is 0 Å². The fraction of sp³-hybridized carbons (Fsp3) is 0.286. The number of fused-ring (bicyclic) bond motifs is 1. The highest BCUT2D eigenvalue weighted by Crippen LogP contribution is 2.28. The number of benzene rings is 2. The predicted octanol–water partition coefficient (Wildman–Crippen LogP) is 3.74. The Kier molecular flexibility index (Phi) is 2.63. The SMILES string of the molecule is CC(C)Cc1ccc(O)c2ccccc12. The van der Waals surface area contributed by atoms with Gasteiger partial charge in [-0.25, -0.2) is 0 Å². The standard InChI is InChI=1S/C14H16O/c1-10(2)9-11-7-8-14(15)13-6-4-3-5-12(11)13/h3-8,10,15H,9H2,1-2H3. The summed E-state index contributed by atoms with van der Waals surface area (Å²) in [6.07, 6.45) is 1.06. The second-order valence-electron chi connectivity index (χ2n) is 4.39.